The van der Waals surface area contributed by atoms with E-state index in [4.69, 9.17) is 4.74 Å². The number of nitrogens with one attached hydrogen (secondary N) is 1. The van der Waals surface area contributed by atoms with E-state index in [1.165, 1.54) is 89.9 Å². The van der Waals surface area contributed by atoms with Gasteiger partial charge in [0, 0.05) is 19.6 Å². The second kappa shape index (κ2) is 17.5. The van der Waals surface area contributed by atoms with Crippen LogP contribution in [0.25, 0.3) is 0 Å². The molecule has 1 N–H and O–H groups in total. The van der Waals surface area contributed by atoms with Crippen LogP contribution in [-0.2, 0) is 9.53 Å². The van der Waals surface area contributed by atoms with Gasteiger partial charge >= 0.3 is 0 Å². The molecule has 4 aliphatic carbocycles. The summed E-state index contributed by atoms with van der Waals surface area (Å²) in [4.78, 5) is 12.2. The van der Waals surface area contributed by atoms with Gasteiger partial charge in [-0.2, -0.15) is 0 Å². The first-order valence-corrected chi connectivity index (χ1v) is 20.1. The Bertz CT molecular complexity index is 924. The summed E-state index contributed by atoms with van der Waals surface area (Å²) in [5.74, 6) is 6.47. The lowest BCUT2D eigenvalue weighted by Gasteiger charge is -2.58. The summed E-state index contributed by atoms with van der Waals surface area (Å²) >= 11 is 0. The van der Waals surface area contributed by atoms with Crippen molar-refractivity contribution in [3.8, 4) is 0 Å². The highest BCUT2D eigenvalue weighted by atomic mass is 16.5. The van der Waals surface area contributed by atoms with Crippen molar-refractivity contribution in [2.24, 2.45) is 52.3 Å². The fourth-order valence-corrected chi connectivity index (χ4v) is 11.0. The number of fused-ring (bicyclic) bond motifs is 5. The smallest absolute Gasteiger partial charge is 0.219 e. The fraction of sp³-hybridized carbons (Fsp3) is 0.929. The fourth-order valence-electron chi connectivity index (χ4n) is 11.0. The van der Waals surface area contributed by atoms with Gasteiger partial charge < -0.3 is 10.1 Å². The minimum absolute atomic E-state index is 0.236. The highest BCUT2D eigenvalue weighted by Gasteiger charge is 2.59. The van der Waals surface area contributed by atoms with Gasteiger partial charge in [-0.1, -0.05) is 111 Å². The Morgan fingerprint density at radius 3 is 2.33 bits per heavy atom. The number of carbonyl (C=O) groups is 1. The van der Waals surface area contributed by atoms with Crippen molar-refractivity contribution in [1.29, 1.82) is 0 Å². The van der Waals surface area contributed by atoms with E-state index < -0.39 is 0 Å². The SMILES string of the molecule is CC(C)CCCCCCNC(=O)CCCCCOC1CCC2(C)C(=CCC3C2CCC2(C)C3CCC2[C@H](C)CCCC(C)C)C1. The van der Waals surface area contributed by atoms with Crippen LogP contribution in [0, 0.1) is 52.3 Å². The monoisotopic (exact) mass is 626 g/mol. The third-order valence-electron chi connectivity index (χ3n) is 13.7. The molecule has 3 saturated carbocycles. The molecule has 0 spiro atoms. The number of amides is 1. The van der Waals surface area contributed by atoms with E-state index in [1.807, 2.05) is 0 Å². The molecule has 3 nitrogen and oxygen atoms in total. The number of allylic oxidation sites excluding steroid dienone is 1. The highest BCUT2D eigenvalue weighted by molar-refractivity contribution is 5.75. The summed E-state index contributed by atoms with van der Waals surface area (Å²) in [5, 5.41) is 3.13. The third-order valence-corrected chi connectivity index (χ3v) is 13.7. The van der Waals surface area contributed by atoms with Crippen LogP contribution < -0.4 is 5.32 Å². The summed E-state index contributed by atoms with van der Waals surface area (Å²) in [7, 11) is 0. The molecule has 3 heteroatoms. The summed E-state index contributed by atoms with van der Waals surface area (Å²) in [6.07, 6.45) is 28.5. The molecule has 260 valence electrons. The standard InChI is InChI=1S/C42H75NO2/c1-31(2)16-11-8-9-13-28-43-40(44)19-12-10-14-29-45-35-24-26-41(6)34(30-35)20-21-36-38-23-22-37(33(5)18-15-17-32(3)4)42(38,7)27-25-39(36)41/h20,31-33,35-39H,8-19,21-30H2,1-7H3,(H,43,44)/t33-,35?,36?,37?,38?,39?,41?,42?/m1/s1. The molecule has 3 fully saturated rings. The van der Waals surface area contributed by atoms with Crippen molar-refractivity contribution in [1.82, 2.24) is 5.32 Å². The largest absolute Gasteiger partial charge is 0.378 e. The van der Waals surface area contributed by atoms with E-state index in [9.17, 15) is 4.79 Å². The lowest BCUT2D eigenvalue weighted by molar-refractivity contribution is -0.121. The molecule has 0 aromatic heterocycles. The van der Waals surface area contributed by atoms with Gasteiger partial charge in [-0.3, -0.25) is 4.79 Å². The number of ether oxygens (including phenoxy) is 1. The maximum atomic E-state index is 12.2. The van der Waals surface area contributed by atoms with E-state index in [0.717, 1.165) is 86.7 Å². The van der Waals surface area contributed by atoms with Gasteiger partial charge in [0.25, 0.3) is 0 Å². The summed E-state index contributed by atoms with van der Waals surface area (Å²) in [5.41, 5.74) is 2.73. The summed E-state index contributed by atoms with van der Waals surface area (Å²) in [6.45, 7) is 19.0. The van der Waals surface area contributed by atoms with Crippen LogP contribution in [0.2, 0.25) is 0 Å². The van der Waals surface area contributed by atoms with E-state index >= 15 is 0 Å². The molecular weight excluding hydrogens is 550 g/mol. The number of hydrogen-bond acceptors (Lipinski definition) is 2. The van der Waals surface area contributed by atoms with Crippen molar-refractivity contribution in [3.05, 3.63) is 11.6 Å². The van der Waals surface area contributed by atoms with E-state index in [-0.39, 0.29) is 5.91 Å². The van der Waals surface area contributed by atoms with E-state index in [1.54, 1.807) is 5.57 Å². The first-order chi connectivity index (χ1) is 21.5. The maximum absolute atomic E-state index is 12.2. The van der Waals surface area contributed by atoms with Gasteiger partial charge in [-0.15, -0.1) is 0 Å². The molecule has 4 aliphatic rings. The second-order valence-electron chi connectivity index (χ2n) is 17.8. The number of hydrogen-bond donors (Lipinski definition) is 1. The Morgan fingerprint density at radius 2 is 1.56 bits per heavy atom. The van der Waals surface area contributed by atoms with Crippen LogP contribution in [0.1, 0.15) is 177 Å². The van der Waals surface area contributed by atoms with E-state index in [2.05, 4.69) is 59.9 Å². The zero-order valence-electron chi connectivity index (χ0n) is 31.1. The van der Waals surface area contributed by atoms with Gasteiger partial charge in [0.1, 0.15) is 0 Å². The predicted octanol–water partition coefficient (Wildman–Crippen LogP) is 11.7. The summed E-state index contributed by atoms with van der Waals surface area (Å²) in [6, 6.07) is 0. The average molecular weight is 626 g/mol. The molecule has 0 aromatic rings. The normalized spacial score (nSPS) is 33.4. The number of carbonyl (C=O) groups excluding carboxylic acids is 1. The third kappa shape index (κ3) is 9.85. The van der Waals surface area contributed by atoms with Crippen LogP contribution in [0.15, 0.2) is 11.6 Å². The van der Waals surface area contributed by atoms with Crippen molar-refractivity contribution >= 4 is 5.91 Å². The first-order valence-electron chi connectivity index (χ1n) is 20.1. The quantitative estimate of drug-likeness (QED) is 0.115. The zero-order chi connectivity index (χ0) is 32.5. The molecule has 7 unspecified atom stereocenters. The Labute approximate surface area is 280 Å². The molecule has 4 rings (SSSR count). The molecule has 0 aliphatic heterocycles. The molecule has 0 aromatic carbocycles. The summed E-state index contributed by atoms with van der Waals surface area (Å²) < 4.78 is 6.48. The van der Waals surface area contributed by atoms with Gasteiger partial charge in [-0.05, 0) is 123 Å². The van der Waals surface area contributed by atoms with Crippen LogP contribution in [0.4, 0.5) is 0 Å². The zero-order valence-corrected chi connectivity index (χ0v) is 31.1. The minimum atomic E-state index is 0.236. The second-order valence-corrected chi connectivity index (χ2v) is 17.8. The predicted molar refractivity (Wildman–Crippen MR) is 192 cm³/mol. The van der Waals surface area contributed by atoms with Crippen LogP contribution in [0.5, 0.6) is 0 Å². The van der Waals surface area contributed by atoms with Gasteiger partial charge in [0.15, 0.2) is 0 Å². The van der Waals surface area contributed by atoms with Gasteiger partial charge in [0.2, 0.25) is 5.91 Å². The topological polar surface area (TPSA) is 38.3 Å². The maximum Gasteiger partial charge on any atom is 0.219 e. The average Bonchev–Trinajstić information content (AvgIpc) is 3.35. The Balaban J connectivity index is 1.13. The van der Waals surface area contributed by atoms with Crippen molar-refractivity contribution in [3.63, 3.8) is 0 Å². The molecule has 1 amide bonds. The van der Waals surface area contributed by atoms with Crippen molar-refractivity contribution < 1.29 is 9.53 Å². The Hall–Kier alpha value is -0.830. The first kappa shape index (κ1) is 37.0. The number of rotatable bonds is 19. The van der Waals surface area contributed by atoms with Crippen LogP contribution >= 0.6 is 0 Å². The molecule has 0 bridgehead atoms. The Kier molecular flexibility index (Phi) is 14.4. The highest BCUT2D eigenvalue weighted by Crippen LogP contribution is 2.67. The Morgan fingerprint density at radius 1 is 0.822 bits per heavy atom. The molecule has 45 heavy (non-hydrogen) atoms. The van der Waals surface area contributed by atoms with Crippen LogP contribution in [0.3, 0.4) is 0 Å². The lowest BCUT2D eigenvalue weighted by atomic mass is 9.47. The van der Waals surface area contributed by atoms with Gasteiger partial charge in [0.05, 0.1) is 6.10 Å². The molecule has 0 radical (unpaired) electrons. The van der Waals surface area contributed by atoms with Crippen molar-refractivity contribution in [2.75, 3.05) is 13.2 Å². The molecule has 8 atom stereocenters. The van der Waals surface area contributed by atoms with E-state index in [0.29, 0.717) is 23.4 Å². The van der Waals surface area contributed by atoms with Crippen LogP contribution in [-0.4, -0.2) is 25.2 Å². The molecule has 0 saturated heterocycles. The molecule has 0 heterocycles. The van der Waals surface area contributed by atoms with Crippen molar-refractivity contribution in [2.45, 2.75) is 183 Å². The van der Waals surface area contributed by atoms with Gasteiger partial charge in [-0.25, -0.2) is 0 Å². The minimum Gasteiger partial charge on any atom is -0.378 e. The molecular formula is C42H75NO2. The lowest BCUT2D eigenvalue weighted by Crippen LogP contribution is -2.51. The number of unbranched alkanes of at least 4 members (excludes halogenated alkanes) is 5.